The zero-order valence-corrected chi connectivity index (χ0v) is 19.5. The number of carbonyl (C=O) groups excluding carboxylic acids is 1. The molecular formula is C22H16I2N2O3. The first-order chi connectivity index (χ1) is 14.1. The highest BCUT2D eigenvalue weighted by atomic mass is 127. The Bertz CT molecular complexity index is 1030. The highest BCUT2D eigenvalue weighted by Crippen LogP contribution is 2.30. The van der Waals surface area contributed by atoms with Crippen molar-refractivity contribution in [3.05, 3.63) is 90.5 Å². The topological polar surface area (TPSA) is 75.3 Å². The van der Waals surface area contributed by atoms with E-state index in [0.29, 0.717) is 12.4 Å². The van der Waals surface area contributed by atoms with Crippen LogP contribution in [0, 0.1) is 18.5 Å². The SMILES string of the molecule is N#C/C(=C\c1cc(I)c(OCc2ccccc2)c(I)c1)C(=O)NCc1ccco1. The third-order valence-electron chi connectivity index (χ3n) is 3.93. The average molecular weight is 610 g/mol. The number of benzene rings is 2. The lowest BCUT2D eigenvalue weighted by molar-refractivity contribution is -0.117. The van der Waals surface area contributed by atoms with E-state index in [1.54, 1.807) is 18.2 Å². The maximum Gasteiger partial charge on any atom is 0.262 e. The van der Waals surface area contributed by atoms with Gasteiger partial charge in [-0.1, -0.05) is 30.3 Å². The fourth-order valence-electron chi connectivity index (χ4n) is 2.52. The van der Waals surface area contributed by atoms with E-state index in [0.717, 1.165) is 24.0 Å². The molecule has 1 heterocycles. The van der Waals surface area contributed by atoms with Crippen molar-refractivity contribution >= 4 is 57.2 Å². The Kier molecular flexibility index (Phi) is 7.71. The van der Waals surface area contributed by atoms with Crippen molar-refractivity contribution < 1.29 is 13.9 Å². The number of nitrogens with zero attached hydrogens (tertiary/aromatic N) is 1. The molecule has 2 aromatic carbocycles. The minimum atomic E-state index is -0.446. The first-order valence-corrected chi connectivity index (χ1v) is 10.8. The van der Waals surface area contributed by atoms with Crippen molar-refractivity contribution in [2.75, 3.05) is 0 Å². The van der Waals surface area contributed by atoms with Gasteiger partial charge in [-0.25, -0.2) is 0 Å². The lowest BCUT2D eigenvalue weighted by atomic mass is 10.1. The first-order valence-electron chi connectivity index (χ1n) is 8.65. The van der Waals surface area contributed by atoms with Gasteiger partial charge >= 0.3 is 0 Å². The molecule has 0 saturated heterocycles. The first kappa shape index (κ1) is 21.4. The van der Waals surface area contributed by atoms with Crippen LogP contribution in [-0.2, 0) is 17.9 Å². The average Bonchev–Trinajstić information content (AvgIpc) is 3.24. The van der Waals surface area contributed by atoms with Gasteiger partial charge in [0.1, 0.15) is 29.8 Å². The van der Waals surface area contributed by atoms with Crippen LogP contribution in [0.1, 0.15) is 16.9 Å². The van der Waals surface area contributed by atoms with E-state index in [1.165, 1.54) is 6.26 Å². The predicted octanol–water partition coefficient (Wildman–Crippen LogP) is 5.29. The molecule has 1 aromatic heterocycles. The van der Waals surface area contributed by atoms with Gasteiger partial charge in [-0.3, -0.25) is 4.79 Å². The van der Waals surface area contributed by atoms with Crippen molar-refractivity contribution in [2.45, 2.75) is 13.2 Å². The monoisotopic (exact) mass is 610 g/mol. The molecule has 7 heteroatoms. The van der Waals surface area contributed by atoms with Gasteiger partial charge in [0.15, 0.2) is 0 Å². The number of halogens is 2. The van der Waals surface area contributed by atoms with E-state index in [4.69, 9.17) is 9.15 Å². The number of amides is 1. The Morgan fingerprint density at radius 1 is 1.14 bits per heavy atom. The van der Waals surface area contributed by atoms with Crippen LogP contribution in [0.15, 0.2) is 70.9 Å². The number of furan rings is 1. The van der Waals surface area contributed by atoms with Crippen molar-refractivity contribution in [1.82, 2.24) is 5.32 Å². The molecule has 0 aliphatic carbocycles. The van der Waals surface area contributed by atoms with E-state index in [1.807, 2.05) is 48.5 Å². The maximum atomic E-state index is 12.3. The molecule has 146 valence electrons. The summed E-state index contributed by atoms with van der Waals surface area (Å²) in [5.41, 5.74) is 1.87. The number of nitrogens with one attached hydrogen (secondary N) is 1. The summed E-state index contributed by atoms with van der Waals surface area (Å²) in [6.07, 6.45) is 3.11. The third kappa shape index (κ3) is 6.08. The second-order valence-electron chi connectivity index (χ2n) is 6.02. The summed E-state index contributed by atoms with van der Waals surface area (Å²) in [4.78, 5) is 12.3. The van der Waals surface area contributed by atoms with E-state index in [9.17, 15) is 10.1 Å². The molecule has 1 N–H and O–H groups in total. The molecule has 0 radical (unpaired) electrons. The van der Waals surface area contributed by atoms with E-state index in [2.05, 4.69) is 50.5 Å². The number of hydrogen-bond donors (Lipinski definition) is 1. The van der Waals surface area contributed by atoms with Gasteiger partial charge in [0.05, 0.1) is 19.9 Å². The molecule has 3 aromatic rings. The van der Waals surface area contributed by atoms with Crippen LogP contribution in [0.2, 0.25) is 0 Å². The summed E-state index contributed by atoms with van der Waals surface area (Å²) in [6.45, 7) is 0.701. The van der Waals surface area contributed by atoms with Crippen molar-refractivity contribution in [3.63, 3.8) is 0 Å². The lowest BCUT2D eigenvalue weighted by Gasteiger charge is -2.12. The minimum Gasteiger partial charge on any atom is -0.487 e. The zero-order valence-electron chi connectivity index (χ0n) is 15.2. The molecule has 0 spiro atoms. The van der Waals surface area contributed by atoms with Gasteiger partial charge < -0.3 is 14.5 Å². The van der Waals surface area contributed by atoms with Crippen molar-refractivity contribution in [3.8, 4) is 11.8 Å². The van der Waals surface area contributed by atoms with E-state index < -0.39 is 5.91 Å². The Hall–Kier alpha value is -2.32. The molecule has 0 fully saturated rings. The van der Waals surface area contributed by atoms with Gasteiger partial charge in [0.25, 0.3) is 5.91 Å². The largest absolute Gasteiger partial charge is 0.487 e. The van der Waals surface area contributed by atoms with Crippen molar-refractivity contribution in [1.29, 1.82) is 5.26 Å². The molecule has 3 rings (SSSR count). The van der Waals surface area contributed by atoms with Crippen molar-refractivity contribution in [2.24, 2.45) is 0 Å². The molecule has 0 unspecified atom stereocenters. The molecular weight excluding hydrogens is 594 g/mol. The number of hydrogen-bond acceptors (Lipinski definition) is 4. The Balaban J connectivity index is 1.72. The van der Waals surface area contributed by atoms with Crippen LogP contribution >= 0.6 is 45.2 Å². The van der Waals surface area contributed by atoms with Crippen LogP contribution in [0.4, 0.5) is 0 Å². The molecule has 5 nitrogen and oxygen atoms in total. The summed E-state index contributed by atoms with van der Waals surface area (Å²) in [7, 11) is 0. The van der Waals surface area contributed by atoms with Crippen LogP contribution in [-0.4, -0.2) is 5.91 Å². The predicted molar refractivity (Wildman–Crippen MR) is 127 cm³/mol. The van der Waals surface area contributed by atoms with Crippen LogP contribution in [0.3, 0.4) is 0 Å². The normalized spacial score (nSPS) is 11.0. The van der Waals surface area contributed by atoms with Gasteiger partial charge in [-0.05, 0) is 86.7 Å². The molecule has 0 saturated carbocycles. The van der Waals surface area contributed by atoms with E-state index in [-0.39, 0.29) is 12.1 Å². The summed E-state index contributed by atoms with van der Waals surface area (Å²) in [5, 5.41) is 12.1. The molecule has 0 atom stereocenters. The van der Waals surface area contributed by atoms with Gasteiger partial charge in [0.2, 0.25) is 0 Å². The second kappa shape index (κ2) is 10.5. The van der Waals surface area contributed by atoms with Gasteiger partial charge in [0, 0.05) is 0 Å². The van der Waals surface area contributed by atoms with Crippen LogP contribution in [0.5, 0.6) is 5.75 Å². The molecule has 29 heavy (non-hydrogen) atoms. The molecule has 0 aliphatic heterocycles. The highest BCUT2D eigenvalue weighted by Gasteiger charge is 2.12. The number of ether oxygens (including phenoxy) is 1. The van der Waals surface area contributed by atoms with E-state index >= 15 is 0 Å². The second-order valence-corrected chi connectivity index (χ2v) is 8.34. The highest BCUT2D eigenvalue weighted by molar-refractivity contribution is 14.1. The van der Waals surface area contributed by atoms with Gasteiger partial charge in [-0.15, -0.1) is 0 Å². The lowest BCUT2D eigenvalue weighted by Crippen LogP contribution is -2.23. The zero-order chi connectivity index (χ0) is 20.6. The Morgan fingerprint density at radius 3 is 2.48 bits per heavy atom. The minimum absolute atomic E-state index is 0.0288. The number of nitriles is 1. The van der Waals surface area contributed by atoms with Crippen LogP contribution < -0.4 is 10.1 Å². The maximum absolute atomic E-state index is 12.3. The smallest absolute Gasteiger partial charge is 0.262 e. The third-order valence-corrected chi connectivity index (χ3v) is 5.53. The molecule has 1 amide bonds. The summed E-state index contributed by atoms with van der Waals surface area (Å²) in [6, 6.07) is 19.2. The standard InChI is InChI=1S/C22H16I2N2O3/c23-19-10-16(9-17(12-25)22(27)26-13-18-7-4-8-28-18)11-20(24)21(19)29-14-15-5-2-1-3-6-15/h1-11H,13-14H2,(H,26,27)/b17-9+. The fraction of sp³-hybridized carbons (Fsp3) is 0.0909. The Labute approximate surface area is 196 Å². The summed E-state index contributed by atoms with van der Waals surface area (Å²) < 4.78 is 13.0. The molecule has 0 aliphatic rings. The number of carbonyl (C=O) groups is 1. The Morgan fingerprint density at radius 2 is 1.86 bits per heavy atom. The van der Waals surface area contributed by atoms with Gasteiger partial charge in [-0.2, -0.15) is 5.26 Å². The molecule has 0 bridgehead atoms. The van der Waals surface area contributed by atoms with Crippen LogP contribution in [0.25, 0.3) is 6.08 Å². The summed E-state index contributed by atoms with van der Waals surface area (Å²) in [5.74, 6) is 0.964. The fourth-order valence-corrected chi connectivity index (χ4v) is 4.65. The quantitative estimate of drug-likeness (QED) is 0.224. The number of rotatable bonds is 7. The summed E-state index contributed by atoms with van der Waals surface area (Å²) >= 11 is 4.40.